The first kappa shape index (κ1) is 36.6. The van der Waals surface area contributed by atoms with E-state index in [1.807, 2.05) is 17.0 Å². The predicted molar refractivity (Wildman–Crippen MR) is 182 cm³/mol. The molecule has 1 aliphatic heterocycles. The Kier molecular flexibility index (Phi) is 14.0. The topological polar surface area (TPSA) is 128 Å². The molecule has 0 radical (unpaired) electrons. The van der Waals surface area contributed by atoms with Gasteiger partial charge in [-0.15, -0.1) is 23.2 Å². The van der Waals surface area contributed by atoms with E-state index >= 15 is 0 Å². The fourth-order valence-electron chi connectivity index (χ4n) is 5.53. The van der Waals surface area contributed by atoms with Gasteiger partial charge in [0.25, 0.3) is 5.91 Å². The Morgan fingerprint density at radius 1 is 0.917 bits per heavy atom. The van der Waals surface area contributed by atoms with Gasteiger partial charge >= 0.3 is 12.1 Å². The average molecular weight is 702 g/mol. The maximum Gasteiger partial charge on any atom is 0.417 e. The number of halogens is 3. The van der Waals surface area contributed by atoms with Gasteiger partial charge in [-0.25, -0.2) is 18.9 Å². The van der Waals surface area contributed by atoms with Gasteiger partial charge in [-0.05, 0) is 60.3 Å². The van der Waals surface area contributed by atoms with Crippen molar-refractivity contribution in [1.29, 1.82) is 0 Å². The van der Waals surface area contributed by atoms with E-state index in [-0.39, 0.29) is 19.4 Å². The fraction of sp³-hybridized carbons (Fsp3) is 0.371. The zero-order valence-electron chi connectivity index (χ0n) is 26.3. The lowest BCUT2D eigenvalue weighted by atomic mass is 10.00. The number of anilines is 1. The first-order valence-electron chi connectivity index (χ1n) is 15.7. The van der Waals surface area contributed by atoms with Crippen molar-refractivity contribution in [3.05, 3.63) is 101 Å². The van der Waals surface area contributed by atoms with Crippen molar-refractivity contribution in [3.63, 3.8) is 0 Å². The predicted octanol–water partition coefficient (Wildman–Crippen LogP) is 4.75. The van der Waals surface area contributed by atoms with Crippen molar-refractivity contribution >= 4 is 52.8 Å². The minimum Gasteiger partial charge on any atom is -0.480 e. The SMILES string of the molecule is O=C(N[C@@H](Cc1cccc(N(CCCl)CCCl)c1)C(=O)N(C(=O)OCc1ccccc1)[C@@H](Cc1ccc(F)cc1)C(=O)O)[C@@H]1CCCN1. The normalized spacial score (nSPS) is 15.3. The first-order chi connectivity index (χ1) is 23.2. The Morgan fingerprint density at radius 2 is 1.60 bits per heavy atom. The molecule has 0 aromatic heterocycles. The maximum atomic E-state index is 14.5. The van der Waals surface area contributed by atoms with Crippen molar-refractivity contribution in [2.24, 2.45) is 0 Å². The minimum absolute atomic E-state index is 0.0634. The molecule has 13 heteroatoms. The second kappa shape index (κ2) is 18.4. The van der Waals surface area contributed by atoms with Crippen molar-refractivity contribution < 1.29 is 33.4 Å². The van der Waals surface area contributed by atoms with Gasteiger partial charge in [-0.1, -0.05) is 54.6 Å². The Labute approximate surface area is 289 Å². The molecule has 3 N–H and O–H groups in total. The number of amides is 3. The number of aliphatic carboxylic acids is 1. The third kappa shape index (κ3) is 10.4. The zero-order chi connectivity index (χ0) is 34.5. The maximum absolute atomic E-state index is 14.5. The summed E-state index contributed by atoms with van der Waals surface area (Å²) in [5.74, 6) is -2.70. The smallest absolute Gasteiger partial charge is 0.417 e. The molecule has 3 atom stereocenters. The molecule has 0 unspecified atom stereocenters. The molecule has 1 saturated heterocycles. The number of ether oxygens (including phenoxy) is 1. The van der Waals surface area contributed by atoms with Crippen LogP contribution < -0.4 is 15.5 Å². The summed E-state index contributed by atoms with van der Waals surface area (Å²) in [6, 6.07) is 17.5. The van der Waals surface area contributed by atoms with Crippen LogP contribution in [0.1, 0.15) is 29.5 Å². The van der Waals surface area contributed by atoms with Gasteiger partial charge in [0.15, 0.2) is 0 Å². The molecule has 1 fully saturated rings. The Hall–Kier alpha value is -4.19. The lowest BCUT2D eigenvalue weighted by Gasteiger charge is -2.31. The molecule has 0 spiro atoms. The van der Waals surface area contributed by atoms with E-state index in [0.717, 1.165) is 24.2 Å². The van der Waals surface area contributed by atoms with Crippen LogP contribution >= 0.6 is 23.2 Å². The lowest BCUT2D eigenvalue weighted by Crippen LogP contribution is -2.58. The number of hydrogen-bond acceptors (Lipinski definition) is 7. The second-order valence-corrected chi connectivity index (χ2v) is 12.1. The number of nitrogens with zero attached hydrogens (tertiary/aromatic N) is 2. The summed E-state index contributed by atoms with van der Waals surface area (Å²) >= 11 is 12.0. The third-order valence-electron chi connectivity index (χ3n) is 7.99. The van der Waals surface area contributed by atoms with E-state index in [4.69, 9.17) is 27.9 Å². The molecule has 3 aromatic carbocycles. The van der Waals surface area contributed by atoms with Crippen LogP contribution in [0.3, 0.4) is 0 Å². The van der Waals surface area contributed by atoms with Crippen LogP contribution in [0, 0.1) is 5.82 Å². The van der Waals surface area contributed by atoms with Gasteiger partial charge in [-0.2, -0.15) is 0 Å². The van der Waals surface area contributed by atoms with Gasteiger partial charge in [0.2, 0.25) is 5.91 Å². The van der Waals surface area contributed by atoms with Crippen LogP contribution in [0.4, 0.5) is 14.9 Å². The molecule has 3 aromatic rings. The van der Waals surface area contributed by atoms with Crippen LogP contribution in [0.5, 0.6) is 0 Å². The molecule has 1 heterocycles. The van der Waals surface area contributed by atoms with Crippen LogP contribution in [0.2, 0.25) is 0 Å². The molecule has 1 aliphatic rings. The molecule has 256 valence electrons. The summed E-state index contributed by atoms with van der Waals surface area (Å²) in [5, 5.41) is 16.2. The Bertz CT molecular complexity index is 1520. The molecule has 0 saturated carbocycles. The molecule has 4 rings (SSSR count). The van der Waals surface area contributed by atoms with E-state index in [9.17, 15) is 28.7 Å². The number of nitrogens with one attached hydrogen (secondary N) is 2. The van der Waals surface area contributed by atoms with Crippen molar-refractivity contribution in [3.8, 4) is 0 Å². The summed E-state index contributed by atoms with van der Waals surface area (Å²) in [5.41, 5.74) is 2.43. The number of alkyl halides is 2. The molecule has 48 heavy (non-hydrogen) atoms. The number of carbonyl (C=O) groups excluding carboxylic acids is 3. The van der Waals surface area contributed by atoms with E-state index in [0.29, 0.717) is 59.4 Å². The average Bonchev–Trinajstić information content (AvgIpc) is 3.64. The fourth-order valence-corrected chi connectivity index (χ4v) is 5.94. The Balaban J connectivity index is 1.71. The summed E-state index contributed by atoms with van der Waals surface area (Å²) < 4.78 is 19.2. The van der Waals surface area contributed by atoms with E-state index < -0.39 is 47.8 Å². The van der Waals surface area contributed by atoms with Crippen LogP contribution in [-0.2, 0) is 38.6 Å². The highest BCUT2D eigenvalue weighted by Gasteiger charge is 2.41. The quantitative estimate of drug-likeness (QED) is 0.183. The molecule has 0 bridgehead atoms. The standard InChI is InChI=1S/C35H39Cl2FN4O6/c36-15-18-41(19-16-37)28-9-4-8-26(20-28)21-30(40-32(43)29-10-5-17-39-29)33(44)42(35(47)48-23-25-6-2-1-3-7-25)31(34(45)46)22-24-11-13-27(38)14-12-24/h1-4,6-9,11-14,20,29-31,39H,5,10,15-19,21-23H2,(H,40,43)(H,45,46)/t29-,30-,31-/m0/s1. The van der Waals surface area contributed by atoms with E-state index in [1.165, 1.54) is 12.1 Å². The number of carbonyl (C=O) groups is 4. The van der Waals surface area contributed by atoms with Crippen molar-refractivity contribution in [2.45, 2.75) is 50.4 Å². The van der Waals surface area contributed by atoms with Gasteiger partial charge in [-0.3, -0.25) is 9.59 Å². The summed E-state index contributed by atoms with van der Waals surface area (Å²) in [6.07, 6.45) is -0.258. The molecule has 10 nitrogen and oxygen atoms in total. The summed E-state index contributed by atoms with van der Waals surface area (Å²) in [6.45, 7) is 1.45. The number of rotatable bonds is 16. The zero-order valence-corrected chi connectivity index (χ0v) is 27.8. The van der Waals surface area contributed by atoms with Gasteiger partial charge < -0.3 is 25.4 Å². The number of hydrogen-bond donors (Lipinski definition) is 3. The Morgan fingerprint density at radius 3 is 2.23 bits per heavy atom. The number of benzene rings is 3. The van der Waals surface area contributed by atoms with Crippen molar-refractivity contribution in [1.82, 2.24) is 15.5 Å². The first-order valence-corrected chi connectivity index (χ1v) is 16.8. The van der Waals surface area contributed by atoms with Crippen molar-refractivity contribution in [2.75, 3.05) is 36.3 Å². The molecular formula is C35H39Cl2FN4O6. The third-order valence-corrected chi connectivity index (χ3v) is 8.33. The number of carboxylic acids is 1. The number of imide groups is 1. The molecule has 0 aliphatic carbocycles. The van der Waals surface area contributed by atoms with Gasteiger partial charge in [0.1, 0.15) is 24.5 Å². The van der Waals surface area contributed by atoms with Crippen LogP contribution in [0.25, 0.3) is 0 Å². The minimum atomic E-state index is -1.73. The monoisotopic (exact) mass is 700 g/mol. The summed E-state index contributed by atoms with van der Waals surface area (Å²) in [7, 11) is 0. The van der Waals surface area contributed by atoms with E-state index in [2.05, 4.69) is 10.6 Å². The highest BCUT2D eigenvalue weighted by Crippen LogP contribution is 2.21. The second-order valence-electron chi connectivity index (χ2n) is 11.4. The van der Waals surface area contributed by atoms with Crippen LogP contribution in [0.15, 0.2) is 78.9 Å². The number of carboxylic acid groups (broad SMARTS) is 1. The molecule has 3 amide bonds. The van der Waals surface area contributed by atoms with Crippen LogP contribution in [-0.4, -0.2) is 83.4 Å². The highest BCUT2D eigenvalue weighted by atomic mass is 35.5. The largest absolute Gasteiger partial charge is 0.480 e. The van der Waals surface area contributed by atoms with Gasteiger partial charge in [0, 0.05) is 43.4 Å². The molecular weight excluding hydrogens is 662 g/mol. The summed E-state index contributed by atoms with van der Waals surface area (Å²) in [4.78, 5) is 56.9. The lowest BCUT2D eigenvalue weighted by molar-refractivity contribution is -0.150. The highest BCUT2D eigenvalue weighted by molar-refractivity contribution is 6.18. The van der Waals surface area contributed by atoms with E-state index in [1.54, 1.807) is 42.5 Å². The van der Waals surface area contributed by atoms with Gasteiger partial charge in [0.05, 0.1) is 6.04 Å².